The van der Waals surface area contributed by atoms with E-state index < -0.39 is 30.2 Å². The van der Waals surface area contributed by atoms with E-state index in [1.807, 2.05) is 13.8 Å². The Kier molecular flexibility index (Phi) is 7.50. The van der Waals surface area contributed by atoms with Crippen LogP contribution >= 0.6 is 0 Å². The van der Waals surface area contributed by atoms with E-state index in [9.17, 15) is 18.8 Å². The fourth-order valence-electron chi connectivity index (χ4n) is 2.12. The topological polar surface area (TPSA) is 93.7 Å². The maximum atomic E-state index is 12.8. The van der Waals surface area contributed by atoms with Crippen molar-refractivity contribution in [2.75, 3.05) is 18.5 Å². The lowest BCUT2D eigenvalue weighted by Crippen LogP contribution is -2.35. The number of anilines is 1. The zero-order valence-corrected chi connectivity index (χ0v) is 15.5. The van der Waals surface area contributed by atoms with Gasteiger partial charge < -0.3 is 20.1 Å². The molecule has 8 heteroatoms. The first-order chi connectivity index (χ1) is 13.3. The van der Waals surface area contributed by atoms with Gasteiger partial charge in [-0.1, -0.05) is 0 Å². The average molecular weight is 388 g/mol. The molecule has 28 heavy (non-hydrogen) atoms. The Morgan fingerprint density at radius 2 is 1.61 bits per heavy atom. The van der Waals surface area contributed by atoms with Gasteiger partial charge in [0.2, 0.25) is 5.91 Å². The molecule has 0 aromatic heterocycles. The molecule has 0 bridgehead atoms. The number of carbonyl (C=O) groups is 3. The van der Waals surface area contributed by atoms with Crippen LogP contribution in [-0.2, 0) is 14.3 Å². The van der Waals surface area contributed by atoms with Crippen LogP contribution < -0.4 is 15.4 Å². The molecule has 0 aliphatic rings. The summed E-state index contributed by atoms with van der Waals surface area (Å²) in [5.41, 5.74) is 0.676. The van der Waals surface area contributed by atoms with Gasteiger partial charge in [0.1, 0.15) is 11.6 Å². The molecule has 2 aromatic rings. The summed E-state index contributed by atoms with van der Waals surface area (Å²) in [7, 11) is 0. The number of hydrogen-bond acceptors (Lipinski definition) is 5. The summed E-state index contributed by atoms with van der Waals surface area (Å²) in [4.78, 5) is 35.4. The van der Waals surface area contributed by atoms with E-state index in [0.717, 1.165) is 0 Å². The molecule has 0 saturated carbocycles. The molecule has 0 spiro atoms. The Hall–Kier alpha value is -3.42. The lowest BCUT2D eigenvalue weighted by Gasteiger charge is -2.10. The van der Waals surface area contributed by atoms with Gasteiger partial charge in [-0.3, -0.25) is 9.59 Å². The number of benzene rings is 2. The highest BCUT2D eigenvalue weighted by molar-refractivity contribution is 5.95. The Morgan fingerprint density at radius 3 is 2.21 bits per heavy atom. The van der Waals surface area contributed by atoms with Gasteiger partial charge in [0.25, 0.3) is 5.91 Å². The molecule has 2 N–H and O–H groups in total. The zero-order chi connectivity index (χ0) is 20.5. The van der Waals surface area contributed by atoms with Crippen LogP contribution in [0.1, 0.15) is 24.2 Å². The fourth-order valence-corrected chi connectivity index (χ4v) is 2.12. The molecular formula is C20H21FN2O5. The second-order valence-corrected chi connectivity index (χ2v) is 6.10. The van der Waals surface area contributed by atoms with Gasteiger partial charge in [-0.2, -0.15) is 0 Å². The molecule has 0 aliphatic carbocycles. The smallest absolute Gasteiger partial charge is 0.338 e. The van der Waals surface area contributed by atoms with E-state index in [2.05, 4.69) is 10.6 Å². The van der Waals surface area contributed by atoms with Gasteiger partial charge in [-0.25, -0.2) is 9.18 Å². The second kappa shape index (κ2) is 10.1. The minimum absolute atomic E-state index is 0.0155. The van der Waals surface area contributed by atoms with Crippen molar-refractivity contribution in [2.45, 2.75) is 20.0 Å². The first kappa shape index (κ1) is 20.9. The van der Waals surface area contributed by atoms with Crippen molar-refractivity contribution in [1.29, 1.82) is 0 Å². The first-order valence-electron chi connectivity index (χ1n) is 8.59. The molecule has 2 rings (SSSR count). The van der Waals surface area contributed by atoms with Crippen molar-refractivity contribution in [1.82, 2.24) is 5.32 Å². The molecule has 0 unspecified atom stereocenters. The molecule has 0 saturated heterocycles. The van der Waals surface area contributed by atoms with Gasteiger partial charge in [-0.15, -0.1) is 0 Å². The summed E-state index contributed by atoms with van der Waals surface area (Å²) >= 11 is 0. The van der Waals surface area contributed by atoms with Gasteiger partial charge in [0.05, 0.1) is 18.2 Å². The highest BCUT2D eigenvalue weighted by Gasteiger charge is 2.12. The summed E-state index contributed by atoms with van der Waals surface area (Å²) in [6.45, 7) is 2.95. The van der Waals surface area contributed by atoms with E-state index in [4.69, 9.17) is 9.47 Å². The molecule has 0 heterocycles. The lowest BCUT2D eigenvalue weighted by atomic mass is 10.2. The van der Waals surface area contributed by atoms with Crippen molar-refractivity contribution < 1.29 is 28.2 Å². The van der Waals surface area contributed by atoms with Crippen molar-refractivity contribution in [3.63, 3.8) is 0 Å². The van der Waals surface area contributed by atoms with Gasteiger partial charge in [-0.05, 0) is 62.4 Å². The number of ether oxygens (including phenoxy) is 2. The number of rotatable bonds is 8. The van der Waals surface area contributed by atoms with Gasteiger partial charge in [0, 0.05) is 5.69 Å². The minimum Gasteiger partial charge on any atom is -0.491 e. The molecular weight excluding hydrogens is 367 g/mol. The van der Waals surface area contributed by atoms with Crippen molar-refractivity contribution in [3.05, 3.63) is 59.9 Å². The van der Waals surface area contributed by atoms with E-state index in [-0.39, 0.29) is 18.2 Å². The molecule has 0 aliphatic heterocycles. The highest BCUT2D eigenvalue weighted by Crippen LogP contribution is 2.14. The molecule has 148 valence electrons. The zero-order valence-electron chi connectivity index (χ0n) is 15.5. The standard InChI is InChI=1S/C20H21FN2O5/c1-13(2)28-17-9-3-14(4-10-17)20(26)27-12-19(25)22-11-18(24)23-16-7-5-15(21)6-8-16/h3-10,13H,11-12H2,1-2H3,(H,22,25)(H,23,24). The number of esters is 1. The number of nitrogens with one attached hydrogen (secondary N) is 2. The second-order valence-electron chi connectivity index (χ2n) is 6.10. The lowest BCUT2D eigenvalue weighted by molar-refractivity contribution is -0.126. The van der Waals surface area contributed by atoms with Crippen LogP contribution in [0, 0.1) is 5.82 Å². The summed E-state index contributed by atoms with van der Waals surface area (Å²) in [5.74, 6) is -1.58. The highest BCUT2D eigenvalue weighted by atomic mass is 19.1. The summed E-state index contributed by atoms with van der Waals surface area (Å²) in [6.07, 6.45) is 0.0155. The number of carbonyl (C=O) groups excluding carboxylic acids is 3. The van der Waals surface area contributed by atoms with E-state index in [1.54, 1.807) is 12.1 Å². The number of amides is 2. The third-order valence-corrected chi connectivity index (χ3v) is 3.37. The first-order valence-corrected chi connectivity index (χ1v) is 8.59. The molecule has 2 amide bonds. The van der Waals surface area contributed by atoms with E-state index in [0.29, 0.717) is 11.4 Å². The number of hydrogen-bond donors (Lipinski definition) is 2. The minimum atomic E-state index is -0.665. The molecule has 2 aromatic carbocycles. The van der Waals surface area contributed by atoms with Crippen LogP contribution in [0.4, 0.5) is 10.1 Å². The van der Waals surface area contributed by atoms with E-state index >= 15 is 0 Å². The molecule has 0 fully saturated rings. The largest absolute Gasteiger partial charge is 0.491 e. The van der Waals surface area contributed by atoms with Gasteiger partial charge in [0.15, 0.2) is 6.61 Å². The van der Waals surface area contributed by atoms with Crippen LogP contribution in [0.25, 0.3) is 0 Å². The summed E-state index contributed by atoms with van der Waals surface area (Å²) < 4.78 is 23.2. The fraction of sp³-hybridized carbons (Fsp3) is 0.250. The third-order valence-electron chi connectivity index (χ3n) is 3.37. The Balaban J connectivity index is 1.71. The van der Waals surface area contributed by atoms with Crippen molar-refractivity contribution >= 4 is 23.5 Å². The van der Waals surface area contributed by atoms with Crippen molar-refractivity contribution in [2.24, 2.45) is 0 Å². The van der Waals surface area contributed by atoms with Crippen LogP contribution in [0.3, 0.4) is 0 Å². The maximum Gasteiger partial charge on any atom is 0.338 e. The monoisotopic (exact) mass is 388 g/mol. The third kappa shape index (κ3) is 7.06. The van der Waals surface area contributed by atoms with Gasteiger partial charge >= 0.3 is 5.97 Å². The van der Waals surface area contributed by atoms with Crippen LogP contribution in [0.5, 0.6) is 5.75 Å². The van der Waals surface area contributed by atoms with Crippen molar-refractivity contribution in [3.8, 4) is 5.75 Å². The maximum absolute atomic E-state index is 12.8. The predicted octanol–water partition coefficient (Wildman–Crippen LogP) is 2.52. The molecule has 7 nitrogen and oxygen atoms in total. The molecule has 0 radical (unpaired) electrons. The Bertz CT molecular complexity index is 819. The summed E-state index contributed by atoms with van der Waals surface area (Å²) in [6, 6.07) is 11.5. The Morgan fingerprint density at radius 1 is 0.964 bits per heavy atom. The summed E-state index contributed by atoms with van der Waals surface area (Å²) in [5, 5.41) is 4.82. The predicted molar refractivity (Wildman–Crippen MR) is 101 cm³/mol. The van der Waals surface area contributed by atoms with E-state index in [1.165, 1.54) is 36.4 Å². The quantitative estimate of drug-likeness (QED) is 0.678. The van der Waals surface area contributed by atoms with Crippen LogP contribution in [0.2, 0.25) is 0 Å². The molecule has 0 atom stereocenters. The number of halogens is 1. The van der Waals surface area contributed by atoms with Crippen LogP contribution in [-0.4, -0.2) is 37.0 Å². The normalized spacial score (nSPS) is 10.3. The van der Waals surface area contributed by atoms with Crippen LogP contribution in [0.15, 0.2) is 48.5 Å². The SMILES string of the molecule is CC(C)Oc1ccc(C(=O)OCC(=O)NCC(=O)Nc2ccc(F)cc2)cc1. The Labute approximate surface area is 161 Å². The average Bonchev–Trinajstić information content (AvgIpc) is 2.66.